The average molecular weight is 332 g/mol. The molecule has 2 aromatic heterocycles. The van der Waals surface area contributed by atoms with Gasteiger partial charge in [0.25, 0.3) is 15.0 Å². The van der Waals surface area contributed by atoms with Crippen molar-refractivity contribution in [3.8, 4) is 0 Å². The van der Waals surface area contributed by atoms with Gasteiger partial charge in [0.15, 0.2) is 5.82 Å². The molecule has 0 N–H and O–H groups in total. The minimum atomic E-state index is -3.95. The fourth-order valence-electron chi connectivity index (χ4n) is 1.62. The van der Waals surface area contributed by atoms with Crippen LogP contribution in [0.15, 0.2) is 5.16 Å². The Balaban J connectivity index is 2.09. The van der Waals surface area contributed by atoms with E-state index < -0.39 is 9.84 Å². The van der Waals surface area contributed by atoms with Gasteiger partial charge in [-0.3, -0.25) is 0 Å². The molecule has 0 aliphatic carbocycles. The summed E-state index contributed by atoms with van der Waals surface area (Å²) in [6.07, 6.45) is 0.958. The SMILES string of the molecule is Cn1nnnc1CCCC(=S=O)S(=O)(=O)c1nnnn1C. The van der Waals surface area contributed by atoms with Crippen molar-refractivity contribution in [2.24, 2.45) is 14.1 Å². The molecule has 0 atom stereocenters. The van der Waals surface area contributed by atoms with E-state index in [-0.39, 0.29) is 27.0 Å². The van der Waals surface area contributed by atoms with Crippen molar-refractivity contribution in [1.29, 1.82) is 0 Å². The average Bonchev–Trinajstić information content (AvgIpc) is 3.04. The Kier molecular flexibility index (Phi) is 4.52. The fourth-order valence-corrected chi connectivity index (χ4v) is 3.58. The maximum Gasteiger partial charge on any atom is 0.272 e. The molecule has 0 aliphatic heterocycles. The Morgan fingerprint density at radius 2 is 1.81 bits per heavy atom. The molecule has 0 aromatic carbocycles. The Bertz CT molecular complexity index is 788. The number of tetrazole rings is 2. The molecule has 114 valence electrons. The van der Waals surface area contributed by atoms with Gasteiger partial charge in [-0.1, -0.05) is 5.10 Å². The van der Waals surface area contributed by atoms with Crippen LogP contribution in [0.4, 0.5) is 0 Å². The zero-order valence-corrected chi connectivity index (χ0v) is 12.9. The van der Waals surface area contributed by atoms with Gasteiger partial charge in [0.1, 0.15) is 15.5 Å². The molecule has 0 bridgehead atoms. The van der Waals surface area contributed by atoms with Crippen molar-refractivity contribution in [2.75, 3.05) is 0 Å². The van der Waals surface area contributed by atoms with E-state index in [9.17, 15) is 12.6 Å². The quantitative estimate of drug-likeness (QED) is 0.562. The molecule has 21 heavy (non-hydrogen) atoms. The Morgan fingerprint density at radius 3 is 2.33 bits per heavy atom. The molecule has 2 rings (SSSR count). The van der Waals surface area contributed by atoms with E-state index in [1.54, 1.807) is 7.05 Å². The maximum atomic E-state index is 12.2. The molecule has 11 nitrogen and oxygen atoms in total. The second-order valence-corrected chi connectivity index (χ2v) is 6.90. The number of hydrogen-bond donors (Lipinski definition) is 0. The highest BCUT2D eigenvalue weighted by Gasteiger charge is 2.27. The van der Waals surface area contributed by atoms with Crippen LogP contribution in [0.25, 0.3) is 0 Å². The zero-order valence-electron chi connectivity index (χ0n) is 11.2. The first-order valence-corrected chi connectivity index (χ1v) is 8.03. The van der Waals surface area contributed by atoms with Crippen LogP contribution in [0.3, 0.4) is 0 Å². The summed E-state index contributed by atoms with van der Waals surface area (Å²) in [5.74, 6) is 0.614. The molecule has 0 saturated heterocycles. The monoisotopic (exact) mass is 332 g/mol. The summed E-state index contributed by atoms with van der Waals surface area (Å²) in [5.41, 5.74) is 0. The van der Waals surface area contributed by atoms with Crippen molar-refractivity contribution in [3.05, 3.63) is 5.82 Å². The lowest BCUT2D eigenvalue weighted by molar-refractivity contribution is 0.579. The molecular formula is C8H12N8O3S2. The topological polar surface area (TPSA) is 138 Å². The van der Waals surface area contributed by atoms with Gasteiger partial charge in [-0.2, -0.15) is 0 Å². The standard InChI is InChI=1S/C8H12N8O3S2/c1-15-6(9-11-13-15)4-3-5-7(20-17)21(18,19)8-10-12-14-16(8)2/h3-5H2,1-2H3. The molecule has 13 heteroatoms. The number of nitrogens with zero attached hydrogens (tertiary/aromatic N) is 8. The van der Waals surface area contributed by atoms with Gasteiger partial charge < -0.3 is 0 Å². The van der Waals surface area contributed by atoms with Gasteiger partial charge >= 0.3 is 0 Å². The largest absolute Gasteiger partial charge is 0.272 e. The van der Waals surface area contributed by atoms with Crippen molar-refractivity contribution in [2.45, 2.75) is 24.4 Å². The third-order valence-electron chi connectivity index (χ3n) is 2.70. The predicted molar refractivity (Wildman–Crippen MR) is 70.9 cm³/mol. The number of rotatable bonds is 5. The highest BCUT2D eigenvalue weighted by Crippen LogP contribution is 2.11. The van der Waals surface area contributed by atoms with Gasteiger partial charge in [0.05, 0.1) is 0 Å². The summed E-state index contributed by atoms with van der Waals surface area (Å²) < 4.78 is 37.9. The van der Waals surface area contributed by atoms with Crippen molar-refractivity contribution < 1.29 is 12.6 Å². The molecule has 2 heterocycles. The van der Waals surface area contributed by atoms with E-state index in [0.29, 0.717) is 18.7 Å². The first kappa shape index (κ1) is 15.4. The van der Waals surface area contributed by atoms with E-state index in [2.05, 4.69) is 31.1 Å². The van der Waals surface area contributed by atoms with Gasteiger partial charge in [-0.05, 0) is 33.7 Å². The predicted octanol–water partition coefficient (Wildman–Crippen LogP) is -2.13. The minimum Gasteiger partial charge on any atom is -0.233 e. The lowest BCUT2D eigenvalue weighted by Gasteiger charge is -2.03. The Morgan fingerprint density at radius 1 is 1.14 bits per heavy atom. The third-order valence-corrected chi connectivity index (χ3v) is 5.59. The Labute approximate surface area is 123 Å². The van der Waals surface area contributed by atoms with Crippen LogP contribution in [-0.4, -0.2) is 57.2 Å². The van der Waals surface area contributed by atoms with Crippen LogP contribution in [0.5, 0.6) is 0 Å². The van der Waals surface area contributed by atoms with Crippen LogP contribution in [0.1, 0.15) is 18.7 Å². The molecule has 0 amide bonds. The highest BCUT2D eigenvalue weighted by molar-refractivity contribution is 8.14. The van der Waals surface area contributed by atoms with Crippen molar-refractivity contribution >= 4 is 25.3 Å². The summed E-state index contributed by atoms with van der Waals surface area (Å²) in [7, 11) is -0.875. The van der Waals surface area contributed by atoms with Crippen molar-refractivity contribution in [3.63, 3.8) is 0 Å². The van der Waals surface area contributed by atoms with E-state index in [1.165, 1.54) is 11.7 Å². The van der Waals surface area contributed by atoms with Gasteiger partial charge in [-0.25, -0.2) is 22.0 Å². The summed E-state index contributed by atoms with van der Waals surface area (Å²) in [5, 5.41) is 20.7. The van der Waals surface area contributed by atoms with Crippen LogP contribution < -0.4 is 0 Å². The smallest absolute Gasteiger partial charge is 0.233 e. The molecule has 0 spiro atoms. The molecule has 0 fully saturated rings. The number of hydrogen-bond acceptors (Lipinski definition) is 9. The summed E-state index contributed by atoms with van der Waals surface area (Å²) in [6.45, 7) is 0. The van der Waals surface area contributed by atoms with Crippen LogP contribution in [0, 0.1) is 0 Å². The second kappa shape index (κ2) is 6.17. The van der Waals surface area contributed by atoms with Crippen LogP contribution in [-0.2, 0) is 41.6 Å². The number of sulfone groups is 1. The van der Waals surface area contributed by atoms with Crippen LogP contribution >= 0.6 is 0 Å². The molecule has 0 unspecified atom stereocenters. The zero-order chi connectivity index (χ0) is 15.5. The van der Waals surface area contributed by atoms with E-state index in [0.717, 1.165) is 4.68 Å². The summed E-state index contributed by atoms with van der Waals surface area (Å²) in [4.78, 5) is 0. The Hall–Kier alpha value is -2.02. The fraction of sp³-hybridized carbons (Fsp3) is 0.625. The lowest BCUT2D eigenvalue weighted by Crippen LogP contribution is -2.19. The molecule has 2 aromatic rings. The normalized spacial score (nSPS) is 11.5. The second-order valence-electron chi connectivity index (χ2n) is 4.12. The highest BCUT2D eigenvalue weighted by atomic mass is 32.2. The van der Waals surface area contributed by atoms with Crippen molar-refractivity contribution in [1.82, 2.24) is 40.4 Å². The first-order valence-electron chi connectivity index (χ1n) is 5.81. The molecule has 0 aliphatic rings. The lowest BCUT2D eigenvalue weighted by atomic mass is 10.2. The maximum absolute atomic E-state index is 12.2. The summed E-state index contributed by atoms with van der Waals surface area (Å²) >= 11 is -0.0634. The van der Waals surface area contributed by atoms with Gasteiger partial charge in [-0.15, -0.1) is 5.10 Å². The van der Waals surface area contributed by atoms with E-state index in [4.69, 9.17) is 0 Å². The molecule has 0 saturated carbocycles. The first-order chi connectivity index (χ1) is 9.96. The van der Waals surface area contributed by atoms with Gasteiger partial charge in [0, 0.05) is 20.5 Å². The molecule has 0 radical (unpaired) electrons. The minimum absolute atomic E-state index is 0.0634. The number of aromatic nitrogens is 8. The third kappa shape index (κ3) is 3.18. The van der Waals surface area contributed by atoms with E-state index in [1.807, 2.05) is 0 Å². The van der Waals surface area contributed by atoms with E-state index >= 15 is 0 Å². The van der Waals surface area contributed by atoms with Crippen LogP contribution in [0.2, 0.25) is 0 Å². The number of aryl methyl sites for hydroxylation is 3. The summed E-state index contributed by atoms with van der Waals surface area (Å²) in [6, 6.07) is 0. The molecular weight excluding hydrogens is 320 g/mol. The van der Waals surface area contributed by atoms with Gasteiger partial charge in [0.2, 0.25) is 0 Å².